The molecule has 0 unspecified atom stereocenters. The van der Waals surface area contributed by atoms with Crippen molar-refractivity contribution in [2.75, 3.05) is 44.2 Å². The Morgan fingerprint density at radius 3 is 2.59 bits per heavy atom. The lowest BCUT2D eigenvalue weighted by Crippen LogP contribution is -2.52. The van der Waals surface area contributed by atoms with Crippen molar-refractivity contribution in [3.8, 4) is 5.69 Å². The first-order chi connectivity index (χ1) is 15.3. The molecular weight excluding hydrogens is 535 g/mol. The molecule has 1 saturated heterocycles. The Labute approximate surface area is 210 Å². The minimum atomic E-state index is 0. The van der Waals surface area contributed by atoms with Gasteiger partial charge in [-0.25, -0.2) is 9.67 Å². The first-order valence-electron chi connectivity index (χ1n) is 11.0. The summed E-state index contributed by atoms with van der Waals surface area (Å²) in [5, 5.41) is 8.97. The normalized spacial score (nSPS) is 14.4. The van der Waals surface area contributed by atoms with E-state index in [0.29, 0.717) is 0 Å². The number of nitrogens with zero attached hydrogens (tertiary/aromatic N) is 7. The average molecular weight is 567 g/mol. The summed E-state index contributed by atoms with van der Waals surface area (Å²) in [4.78, 5) is 14.2. The van der Waals surface area contributed by atoms with E-state index in [1.54, 1.807) is 0 Å². The van der Waals surface area contributed by atoms with Crippen LogP contribution in [-0.4, -0.2) is 69.3 Å². The second-order valence-electron chi connectivity index (χ2n) is 7.44. The van der Waals surface area contributed by atoms with E-state index in [0.717, 1.165) is 74.7 Å². The van der Waals surface area contributed by atoms with Crippen LogP contribution in [-0.2, 0) is 12.8 Å². The van der Waals surface area contributed by atoms with E-state index in [2.05, 4.69) is 61.7 Å². The van der Waals surface area contributed by atoms with Crippen LogP contribution in [0, 0.1) is 0 Å². The van der Waals surface area contributed by atoms with Gasteiger partial charge in [0.2, 0.25) is 5.13 Å². The number of hydrogen-bond donors (Lipinski definition) is 1. The Morgan fingerprint density at radius 1 is 1.12 bits per heavy atom. The molecule has 1 fully saturated rings. The van der Waals surface area contributed by atoms with E-state index in [1.807, 2.05) is 29.1 Å². The molecule has 10 heteroatoms. The number of halogens is 1. The molecule has 4 rings (SSSR count). The summed E-state index contributed by atoms with van der Waals surface area (Å²) in [5.74, 6) is 1.93. The molecule has 1 aliphatic heterocycles. The predicted octanol–water partition coefficient (Wildman–Crippen LogP) is 3.23. The van der Waals surface area contributed by atoms with Crippen molar-refractivity contribution in [3.63, 3.8) is 0 Å². The molecule has 0 saturated carbocycles. The van der Waals surface area contributed by atoms with Gasteiger partial charge in [0.05, 0.1) is 11.9 Å². The number of benzene rings is 1. The van der Waals surface area contributed by atoms with Crippen molar-refractivity contribution >= 4 is 46.6 Å². The zero-order chi connectivity index (χ0) is 21.5. The number of piperazine rings is 1. The van der Waals surface area contributed by atoms with Crippen LogP contribution in [0.25, 0.3) is 5.69 Å². The Bertz CT molecular complexity index is 979. The second-order valence-corrected chi connectivity index (χ2v) is 8.17. The van der Waals surface area contributed by atoms with Gasteiger partial charge in [-0.05, 0) is 31.0 Å². The summed E-state index contributed by atoms with van der Waals surface area (Å²) in [5.41, 5.74) is 2.27. The third-order valence-corrected chi connectivity index (χ3v) is 6.09. The van der Waals surface area contributed by atoms with E-state index >= 15 is 0 Å². The van der Waals surface area contributed by atoms with E-state index in [-0.39, 0.29) is 24.0 Å². The van der Waals surface area contributed by atoms with Crippen LogP contribution in [0.2, 0.25) is 0 Å². The fourth-order valence-electron chi connectivity index (χ4n) is 3.55. The molecule has 0 aliphatic carbocycles. The Hall–Kier alpha value is -2.21. The molecule has 8 nitrogen and oxygen atoms in total. The molecular formula is C22H31IN8S. The summed E-state index contributed by atoms with van der Waals surface area (Å²) in [7, 11) is 0. The van der Waals surface area contributed by atoms with Crippen molar-refractivity contribution in [3.05, 3.63) is 54.1 Å². The lowest BCUT2D eigenvalue weighted by atomic mass is 10.2. The number of aryl methyl sites for hydroxylation is 1. The van der Waals surface area contributed by atoms with Gasteiger partial charge in [0, 0.05) is 63.4 Å². The minimum Gasteiger partial charge on any atom is -0.357 e. The highest BCUT2D eigenvalue weighted by Crippen LogP contribution is 2.19. The van der Waals surface area contributed by atoms with Crippen LogP contribution in [0.15, 0.2) is 47.7 Å². The Morgan fingerprint density at radius 2 is 1.91 bits per heavy atom. The van der Waals surface area contributed by atoms with Crippen molar-refractivity contribution in [1.82, 2.24) is 29.4 Å². The first-order valence-corrected chi connectivity index (χ1v) is 11.7. The van der Waals surface area contributed by atoms with Crippen LogP contribution in [0.1, 0.15) is 25.2 Å². The molecule has 1 N–H and O–H groups in total. The standard InChI is InChI=1S/C22H30N8S.HI/c1-3-20-26-22(31-27-20)29-14-12-28(13-15-29)21(23-4-2)24-11-10-18-16-25-30(17-18)19-8-6-5-7-9-19;/h5-9,16-17H,3-4,10-15H2,1-2H3,(H,23,24);1H. The molecule has 1 aromatic carbocycles. The minimum absolute atomic E-state index is 0. The van der Waals surface area contributed by atoms with E-state index in [4.69, 9.17) is 4.99 Å². The molecule has 172 valence electrons. The van der Waals surface area contributed by atoms with Crippen LogP contribution in [0.5, 0.6) is 0 Å². The molecule has 2 aromatic heterocycles. The highest BCUT2D eigenvalue weighted by molar-refractivity contribution is 14.0. The number of rotatable bonds is 7. The van der Waals surface area contributed by atoms with Gasteiger partial charge >= 0.3 is 0 Å². The van der Waals surface area contributed by atoms with Crippen molar-refractivity contribution in [2.45, 2.75) is 26.7 Å². The van der Waals surface area contributed by atoms with Crippen molar-refractivity contribution < 1.29 is 0 Å². The van der Waals surface area contributed by atoms with Gasteiger partial charge in [-0.3, -0.25) is 4.99 Å². The third-order valence-electron chi connectivity index (χ3n) is 5.28. The van der Waals surface area contributed by atoms with Gasteiger partial charge in [0.1, 0.15) is 5.82 Å². The summed E-state index contributed by atoms with van der Waals surface area (Å²) in [6, 6.07) is 10.2. The van der Waals surface area contributed by atoms with Crippen molar-refractivity contribution in [2.24, 2.45) is 4.99 Å². The third kappa shape index (κ3) is 6.18. The maximum atomic E-state index is 4.88. The van der Waals surface area contributed by atoms with E-state index < -0.39 is 0 Å². The zero-order valence-electron chi connectivity index (χ0n) is 18.6. The molecule has 0 bridgehead atoms. The van der Waals surface area contributed by atoms with Gasteiger partial charge in [-0.2, -0.15) is 9.47 Å². The average Bonchev–Trinajstić information content (AvgIpc) is 3.49. The van der Waals surface area contributed by atoms with Gasteiger partial charge < -0.3 is 15.1 Å². The zero-order valence-corrected chi connectivity index (χ0v) is 21.8. The molecule has 32 heavy (non-hydrogen) atoms. The maximum Gasteiger partial charge on any atom is 0.205 e. The van der Waals surface area contributed by atoms with Gasteiger partial charge in [-0.15, -0.1) is 24.0 Å². The van der Waals surface area contributed by atoms with Gasteiger partial charge in [-0.1, -0.05) is 25.1 Å². The summed E-state index contributed by atoms with van der Waals surface area (Å²) in [6.45, 7) is 9.54. The number of aromatic nitrogens is 4. The lowest BCUT2D eigenvalue weighted by Gasteiger charge is -2.36. The van der Waals surface area contributed by atoms with E-state index in [1.165, 1.54) is 17.1 Å². The summed E-state index contributed by atoms with van der Waals surface area (Å²) >= 11 is 1.50. The highest BCUT2D eigenvalue weighted by atomic mass is 127. The van der Waals surface area contributed by atoms with Crippen LogP contribution < -0.4 is 10.2 Å². The molecule has 3 aromatic rings. The quantitative estimate of drug-likeness (QED) is 0.269. The Kier molecular flexibility index (Phi) is 9.27. The number of para-hydroxylation sites is 1. The van der Waals surface area contributed by atoms with Crippen LogP contribution >= 0.6 is 35.5 Å². The summed E-state index contributed by atoms with van der Waals surface area (Å²) in [6.07, 6.45) is 5.77. The molecule has 0 amide bonds. The van der Waals surface area contributed by atoms with Crippen LogP contribution in [0.4, 0.5) is 5.13 Å². The van der Waals surface area contributed by atoms with Gasteiger partial charge in [0.25, 0.3) is 0 Å². The first kappa shape index (κ1) is 24.4. The Balaban J connectivity index is 0.00000289. The van der Waals surface area contributed by atoms with Gasteiger partial charge in [0.15, 0.2) is 5.96 Å². The largest absolute Gasteiger partial charge is 0.357 e. The van der Waals surface area contributed by atoms with Crippen molar-refractivity contribution in [1.29, 1.82) is 0 Å². The fourth-order valence-corrected chi connectivity index (χ4v) is 4.36. The number of nitrogens with one attached hydrogen (secondary N) is 1. The SMILES string of the molecule is CCNC(=NCCc1cnn(-c2ccccc2)c1)N1CCN(c2nc(CC)ns2)CC1.I. The molecule has 3 heterocycles. The fraction of sp³-hybridized carbons (Fsp3) is 0.455. The number of hydrogen-bond acceptors (Lipinski definition) is 6. The topological polar surface area (TPSA) is 74.5 Å². The number of anilines is 1. The molecule has 0 spiro atoms. The smallest absolute Gasteiger partial charge is 0.205 e. The maximum absolute atomic E-state index is 4.88. The lowest BCUT2D eigenvalue weighted by molar-refractivity contribution is 0.372. The number of aliphatic imine (C=N–C) groups is 1. The monoisotopic (exact) mass is 566 g/mol. The number of guanidine groups is 1. The van der Waals surface area contributed by atoms with Crippen LogP contribution in [0.3, 0.4) is 0 Å². The molecule has 0 atom stereocenters. The summed E-state index contributed by atoms with van der Waals surface area (Å²) < 4.78 is 6.33. The van der Waals surface area contributed by atoms with E-state index in [9.17, 15) is 0 Å². The second kappa shape index (κ2) is 12.1. The highest BCUT2D eigenvalue weighted by Gasteiger charge is 2.22. The molecule has 1 aliphatic rings. The molecule has 0 radical (unpaired) electrons. The predicted molar refractivity (Wildman–Crippen MR) is 142 cm³/mol.